The molecular weight excluding hydrogens is 268 g/mol. The van der Waals surface area contributed by atoms with E-state index in [1.54, 1.807) is 11.3 Å². The average Bonchev–Trinajstić information content (AvgIpc) is 3.12. The van der Waals surface area contributed by atoms with Crippen molar-refractivity contribution >= 4 is 17.2 Å². The summed E-state index contributed by atoms with van der Waals surface area (Å²) in [6.45, 7) is 5.03. The fraction of sp³-hybridized carbons (Fsp3) is 0.688. The molecule has 20 heavy (non-hydrogen) atoms. The summed E-state index contributed by atoms with van der Waals surface area (Å²) in [5.41, 5.74) is 1.44. The normalized spacial score (nSPS) is 21.8. The minimum absolute atomic E-state index is 0.264. The standard InChI is InChI=1S/C16H24N2OS/c1-2-9-18(13-7-8-17-11-13)16(19)15-10-12-5-3-4-6-14(12)20-15/h10,13,17H,2-9,11H2,1H3. The molecule has 3 rings (SSSR count). The van der Waals surface area contributed by atoms with Gasteiger partial charge >= 0.3 is 0 Å². The molecule has 0 spiro atoms. The lowest BCUT2D eigenvalue weighted by atomic mass is 9.99. The summed E-state index contributed by atoms with van der Waals surface area (Å²) < 4.78 is 0. The number of carbonyl (C=O) groups excluding carboxylic acids is 1. The monoisotopic (exact) mass is 292 g/mol. The van der Waals surface area contributed by atoms with Crippen LogP contribution in [-0.2, 0) is 12.8 Å². The quantitative estimate of drug-likeness (QED) is 0.925. The first kappa shape index (κ1) is 14.1. The molecule has 1 aliphatic heterocycles. The highest BCUT2D eigenvalue weighted by Crippen LogP contribution is 2.31. The van der Waals surface area contributed by atoms with Gasteiger partial charge in [0, 0.05) is 24.0 Å². The molecule has 110 valence electrons. The number of hydrogen-bond donors (Lipinski definition) is 1. The largest absolute Gasteiger partial charge is 0.334 e. The molecule has 1 aromatic heterocycles. The molecule has 2 heterocycles. The van der Waals surface area contributed by atoms with Gasteiger partial charge in [0.05, 0.1) is 4.88 Å². The minimum Gasteiger partial charge on any atom is -0.334 e. The molecule has 1 fully saturated rings. The van der Waals surface area contributed by atoms with Gasteiger partial charge in [-0.3, -0.25) is 4.79 Å². The summed E-state index contributed by atoms with van der Waals surface area (Å²) in [7, 11) is 0. The summed E-state index contributed by atoms with van der Waals surface area (Å²) >= 11 is 1.74. The van der Waals surface area contributed by atoms with Crippen LogP contribution in [0.2, 0.25) is 0 Å². The van der Waals surface area contributed by atoms with Crippen molar-refractivity contribution in [1.82, 2.24) is 10.2 Å². The van der Waals surface area contributed by atoms with Crippen molar-refractivity contribution in [1.29, 1.82) is 0 Å². The third-order valence-corrected chi connectivity index (χ3v) is 5.63. The van der Waals surface area contributed by atoms with E-state index in [1.807, 2.05) is 0 Å². The molecule has 3 nitrogen and oxygen atoms in total. The van der Waals surface area contributed by atoms with E-state index in [1.165, 1.54) is 29.7 Å². The Morgan fingerprint density at radius 3 is 3.00 bits per heavy atom. The van der Waals surface area contributed by atoms with Crippen LogP contribution in [0.1, 0.15) is 52.7 Å². The second kappa shape index (κ2) is 6.27. The smallest absolute Gasteiger partial charge is 0.264 e. The van der Waals surface area contributed by atoms with Crippen LogP contribution in [0, 0.1) is 0 Å². The summed E-state index contributed by atoms with van der Waals surface area (Å²) in [5.74, 6) is 0.264. The van der Waals surface area contributed by atoms with Crippen LogP contribution in [0.4, 0.5) is 0 Å². The van der Waals surface area contributed by atoms with Crippen LogP contribution in [0.25, 0.3) is 0 Å². The first-order chi connectivity index (χ1) is 9.79. The van der Waals surface area contributed by atoms with E-state index in [0.29, 0.717) is 6.04 Å². The van der Waals surface area contributed by atoms with Crippen LogP contribution in [0.15, 0.2) is 6.07 Å². The zero-order chi connectivity index (χ0) is 13.9. The SMILES string of the molecule is CCCN(C(=O)c1cc2c(s1)CCCC2)C1CCNC1. The van der Waals surface area contributed by atoms with E-state index in [0.717, 1.165) is 43.8 Å². The van der Waals surface area contributed by atoms with Gasteiger partial charge in [-0.05, 0) is 56.7 Å². The van der Waals surface area contributed by atoms with E-state index in [-0.39, 0.29) is 5.91 Å². The molecular formula is C16H24N2OS. The van der Waals surface area contributed by atoms with Gasteiger partial charge in [-0.25, -0.2) is 0 Å². The van der Waals surface area contributed by atoms with Crippen molar-refractivity contribution in [3.05, 3.63) is 21.4 Å². The van der Waals surface area contributed by atoms with Crippen LogP contribution in [0.5, 0.6) is 0 Å². The van der Waals surface area contributed by atoms with E-state index in [4.69, 9.17) is 0 Å². The van der Waals surface area contributed by atoms with Crippen molar-refractivity contribution in [2.75, 3.05) is 19.6 Å². The van der Waals surface area contributed by atoms with Gasteiger partial charge in [0.2, 0.25) is 0 Å². The predicted molar refractivity (Wildman–Crippen MR) is 83.6 cm³/mol. The molecule has 1 atom stereocenters. The first-order valence-corrected chi connectivity index (χ1v) is 8.74. The summed E-state index contributed by atoms with van der Waals surface area (Å²) in [6.07, 6.45) is 7.03. The highest BCUT2D eigenvalue weighted by Gasteiger charge is 2.28. The maximum Gasteiger partial charge on any atom is 0.264 e. The second-order valence-corrected chi connectivity index (χ2v) is 7.05. The number of nitrogens with zero attached hydrogens (tertiary/aromatic N) is 1. The van der Waals surface area contributed by atoms with Crippen molar-refractivity contribution in [3.63, 3.8) is 0 Å². The molecule has 4 heteroatoms. The lowest BCUT2D eigenvalue weighted by Crippen LogP contribution is -2.41. The Hall–Kier alpha value is -0.870. The van der Waals surface area contributed by atoms with Crippen LogP contribution >= 0.6 is 11.3 Å². The van der Waals surface area contributed by atoms with Gasteiger partial charge in [0.25, 0.3) is 5.91 Å². The third-order valence-electron chi connectivity index (χ3n) is 4.41. The lowest BCUT2D eigenvalue weighted by molar-refractivity contribution is 0.0697. The number of rotatable bonds is 4. The van der Waals surface area contributed by atoms with Crippen molar-refractivity contribution in [3.8, 4) is 0 Å². The maximum atomic E-state index is 12.8. The second-order valence-electron chi connectivity index (χ2n) is 5.91. The highest BCUT2D eigenvalue weighted by molar-refractivity contribution is 7.14. The van der Waals surface area contributed by atoms with Crippen molar-refractivity contribution < 1.29 is 4.79 Å². The molecule has 1 aliphatic carbocycles. The summed E-state index contributed by atoms with van der Waals surface area (Å²) in [6, 6.07) is 2.56. The number of amides is 1. The van der Waals surface area contributed by atoms with E-state index < -0.39 is 0 Å². The fourth-order valence-corrected chi connectivity index (χ4v) is 4.54. The molecule has 1 aromatic rings. The van der Waals surface area contributed by atoms with Gasteiger partial charge in [0.15, 0.2) is 0 Å². The molecule has 2 aliphatic rings. The van der Waals surface area contributed by atoms with Gasteiger partial charge in [0.1, 0.15) is 0 Å². The lowest BCUT2D eigenvalue weighted by Gasteiger charge is -2.27. The predicted octanol–water partition coefficient (Wildman–Crippen LogP) is 2.84. The van der Waals surface area contributed by atoms with Crippen LogP contribution < -0.4 is 5.32 Å². The van der Waals surface area contributed by atoms with Crippen LogP contribution in [0.3, 0.4) is 0 Å². The minimum atomic E-state index is 0.264. The van der Waals surface area contributed by atoms with E-state index in [2.05, 4.69) is 23.2 Å². The number of hydrogen-bond acceptors (Lipinski definition) is 3. The molecule has 0 saturated carbocycles. The number of thiophene rings is 1. The summed E-state index contributed by atoms with van der Waals surface area (Å²) in [4.78, 5) is 17.4. The van der Waals surface area contributed by atoms with Gasteiger partial charge in [-0.15, -0.1) is 11.3 Å². The van der Waals surface area contributed by atoms with Gasteiger partial charge in [-0.1, -0.05) is 6.92 Å². The zero-order valence-electron chi connectivity index (χ0n) is 12.3. The number of aryl methyl sites for hydroxylation is 2. The van der Waals surface area contributed by atoms with Crippen molar-refractivity contribution in [2.24, 2.45) is 0 Å². The number of nitrogens with one attached hydrogen (secondary N) is 1. The number of carbonyl (C=O) groups is 1. The fourth-order valence-electron chi connectivity index (χ4n) is 3.33. The van der Waals surface area contributed by atoms with Gasteiger partial charge in [-0.2, -0.15) is 0 Å². The van der Waals surface area contributed by atoms with E-state index >= 15 is 0 Å². The van der Waals surface area contributed by atoms with Crippen LogP contribution in [-0.4, -0.2) is 36.5 Å². The average molecular weight is 292 g/mol. The Morgan fingerprint density at radius 1 is 1.45 bits per heavy atom. The Labute approximate surface area is 125 Å². The third kappa shape index (κ3) is 2.77. The van der Waals surface area contributed by atoms with Gasteiger partial charge < -0.3 is 10.2 Å². The molecule has 0 aromatic carbocycles. The first-order valence-electron chi connectivity index (χ1n) is 7.93. The highest BCUT2D eigenvalue weighted by atomic mass is 32.1. The Morgan fingerprint density at radius 2 is 2.30 bits per heavy atom. The molecule has 1 saturated heterocycles. The zero-order valence-corrected chi connectivity index (χ0v) is 13.1. The molecule has 1 N–H and O–H groups in total. The Kier molecular flexibility index (Phi) is 4.41. The maximum absolute atomic E-state index is 12.8. The van der Waals surface area contributed by atoms with E-state index in [9.17, 15) is 4.79 Å². The number of fused-ring (bicyclic) bond motifs is 1. The molecule has 0 bridgehead atoms. The molecule has 1 unspecified atom stereocenters. The van der Waals surface area contributed by atoms with Crippen molar-refractivity contribution in [2.45, 2.75) is 51.5 Å². The molecule has 0 radical (unpaired) electrons. The molecule has 1 amide bonds. The Balaban J connectivity index is 1.79. The summed E-state index contributed by atoms with van der Waals surface area (Å²) in [5, 5.41) is 3.38. The topological polar surface area (TPSA) is 32.3 Å². The Bertz CT molecular complexity index is 453.